The van der Waals surface area contributed by atoms with Gasteiger partial charge in [-0.25, -0.2) is 0 Å². The Labute approximate surface area is 198 Å². The molecule has 0 atom stereocenters. The maximum absolute atomic E-state index is 12.5. The number of anilines is 1. The van der Waals surface area contributed by atoms with E-state index in [9.17, 15) is 22.6 Å². The maximum Gasteiger partial charge on any atom is 0.425 e. The van der Waals surface area contributed by atoms with E-state index in [0.29, 0.717) is 22.3 Å². The van der Waals surface area contributed by atoms with Crippen molar-refractivity contribution in [1.82, 2.24) is 0 Å². The molecule has 0 aliphatic rings. The van der Waals surface area contributed by atoms with Gasteiger partial charge in [0.15, 0.2) is 5.78 Å². The first kappa shape index (κ1) is 26.6. The molecule has 0 radical (unpaired) electrons. The fourth-order valence-electron chi connectivity index (χ4n) is 3.03. The summed E-state index contributed by atoms with van der Waals surface area (Å²) in [5.74, 6) is -0.575. The first-order valence-corrected chi connectivity index (χ1v) is 12.3. The lowest BCUT2D eigenvalue weighted by Crippen LogP contribution is -2.13. The number of nitrogens with one attached hydrogen (secondary N) is 1. The number of Topliss-reactive ketones (excluding diaryl/α,β-unsaturated/α-hetero) is 1. The molecule has 3 aromatic rings. The van der Waals surface area contributed by atoms with Gasteiger partial charge in [0.05, 0.1) is 0 Å². The average molecular weight is 504 g/mol. The van der Waals surface area contributed by atoms with Gasteiger partial charge in [-0.05, 0) is 48.7 Å². The first-order valence-electron chi connectivity index (χ1n) is 9.82. The highest BCUT2D eigenvalue weighted by molar-refractivity contribution is 7.86. The Balaban J connectivity index is 0.000000945. The monoisotopic (exact) mass is 503 g/mol. The molecular formula is C23H21NO8S2. The van der Waals surface area contributed by atoms with E-state index >= 15 is 0 Å². The average Bonchev–Trinajstić information content (AvgIpc) is 2.78. The molecule has 0 aromatic heterocycles. The Morgan fingerprint density at radius 1 is 0.882 bits per heavy atom. The predicted molar refractivity (Wildman–Crippen MR) is 125 cm³/mol. The van der Waals surface area contributed by atoms with Crippen molar-refractivity contribution in [3.05, 3.63) is 83.4 Å². The summed E-state index contributed by atoms with van der Waals surface area (Å²) < 4.78 is 59.0. The molecule has 1 amide bonds. The summed E-state index contributed by atoms with van der Waals surface area (Å²) in [6, 6.07) is 17.8. The van der Waals surface area contributed by atoms with Gasteiger partial charge in [0, 0.05) is 22.4 Å². The lowest BCUT2D eigenvalue weighted by molar-refractivity contribution is 0.100. The second kappa shape index (κ2) is 11.5. The minimum absolute atomic E-state index is 0.109. The van der Waals surface area contributed by atoms with Crippen molar-refractivity contribution in [2.75, 3.05) is 5.32 Å². The summed E-state index contributed by atoms with van der Waals surface area (Å²) in [6.45, 7) is 3.45. The molecule has 2 N–H and O–H groups in total. The second-order valence-corrected chi connectivity index (χ2v) is 8.83. The fourth-order valence-corrected chi connectivity index (χ4v) is 3.77. The van der Waals surface area contributed by atoms with Crippen molar-refractivity contribution < 1.29 is 35.2 Å². The van der Waals surface area contributed by atoms with Crippen molar-refractivity contribution in [1.29, 1.82) is 0 Å². The van der Waals surface area contributed by atoms with Gasteiger partial charge in [-0.2, -0.15) is 8.42 Å². The summed E-state index contributed by atoms with van der Waals surface area (Å²) >= 11 is 0. The molecule has 0 heterocycles. The Bertz CT molecular complexity index is 1410. The van der Waals surface area contributed by atoms with Crippen LogP contribution in [0.4, 0.5) is 5.69 Å². The number of rotatable bonds is 6. The van der Waals surface area contributed by atoms with Gasteiger partial charge in [-0.1, -0.05) is 49.4 Å². The fraction of sp³-hybridized carbons (Fsp3) is 0.130. The van der Waals surface area contributed by atoms with Crippen LogP contribution in [0, 0.1) is 0 Å². The van der Waals surface area contributed by atoms with Crippen molar-refractivity contribution in [3.63, 3.8) is 0 Å². The lowest BCUT2D eigenvalue weighted by Gasteiger charge is -2.12. The van der Waals surface area contributed by atoms with Gasteiger partial charge in [-0.3, -0.25) is 14.1 Å². The number of hydrogen-bond acceptors (Lipinski definition) is 7. The Morgan fingerprint density at radius 2 is 1.41 bits per heavy atom. The summed E-state index contributed by atoms with van der Waals surface area (Å²) in [4.78, 5) is 23.5. The van der Waals surface area contributed by atoms with E-state index in [1.807, 2.05) is 19.1 Å². The zero-order valence-electron chi connectivity index (χ0n) is 18.2. The van der Waals surface area contributed by atoms with Crippen molar-refractivity contribution in [3.8, 4) is 11.1 Å². The summed E-state index contributed by atoms with van der Waals surface area (Å²) in [5, 5.41) is 2.62. The number of aryl methyl sites for hydroxylation is 1. The molecule has 0 saturated heterocycles. The van der Waals surface area contributed by atoms with Gasteiger partial charge in [0.25, 0.3) is 16.0 Å². The Kier molecular flexibility index (Phi) is 8.96. The summed E-state index contributed by atoms with van der Waals surface area (Å²) in [7, 11) is -7.64. The van der Waals surface area contributed by atoms with Gasteiger partial charge in [0.1, 0.15) is 4.90 Å². The van der Waals surface area contributed by atoms with Crippen LogP contribution < -0.4 is 5.32 Å². The highest BCUT2D eigenvalue weighted by atomic mass is 32.2. The molecule has 3 aromatic carbocycles. The molecule has 0 fully saturated rings. The van der Waals surface area contributed by atoms with Gasteiger partial charge < -0.3 is 5.32 Å². The quantitative estimate of drug-likeness (QED) is 0.382. The molecule has 0 saturated carbocycles. The van der Waals surface area contributed by atoms with Crippen LogP contribution in [0.2, 0.25) is 0 Å². The van der Waals surface area contributed by atoms with Crippen molar-refractivity contribution in [2.24, 2.45) is 0 Å². The Morgan fingerprint density at radius 3 is 1.88 bits per heavy atom. The van der Waals surface area contributed by atoms with Crippen LogP contribution in [0.3, 0.4) is 0 Å². The minimum atomic E-state index is -4.52. The third-order valence-electron chi connectivity index (χ3n) is 4.74. The highest BCUT2D eigenvalue weighted by Gasteiger charge is 2.18. The zero-order chi connectivity index (χ0) is 25.5. The number of carbonyl (C=O) groups excluding carboxylic acids is 2. The molecule has 0 aliphatic carbocycles. The standard InChI is InChI=1S/C23H21NO5S.O3S/c1-3-16-4-6-18(7-5-16)21-13-12-20(14-22(21)30(27,28)29)24-23(26)19-10-8-17(9-11-19)15(2)25;1-4(2)3/h4-14H,3H2,1-2H3,(H,24,26)(H,27,28,29);. The van der Waals surface area contributed by atoms with E-state index < -0.39 is 26.6 Å². The third kappa shape index (κ3) is 7.44. The minimum Gasteiger partial charge on any atom is -0.322 e. The first-order chi connectivity index (χ1) is 15.9. The lowest BCUT2D eigenvalue weighted by atomic mass is 10.0. The predicted octanol–water partition coefficient (Wildman–Crippen LogP) is 3.61. The molecule has 3 rings (SSSR count). The van der Waals surface area contributed by atoms with Crippen molar-refractivity contribution >= 4 is 38.1 Å². The molecular weight excluding hydrogens is 482 g/mol. The van der Waals surface area contributed by atoms with Crippen LogP contribution in [0.1, 0.15) is 40.1 Å². The summed E-state index contributed by atoms with van der Waals surface area (Å²) in [6.07, 6.45) is 0.851. The molecule has 34 heavy (non-hydrogen) atoms. The van der Waals surface area contributed by atoms with E-state index in [-0.39, 0.29) is 16.4 Å². The molecule has 0 bridgehead atoms. The topological polar surface area (TPSA) is 152 Å². The van der Waals surface area contributed by atoms with E-state index in [4.69, 9.17) is 12.6 Å². The molecule has 11 heteroatoms. The highest BCUT2D eigenvalue weighted by Crippen LogP contribution is 2.30. The van der Waals surface area contributed by atoms with E-state index in [1.54, 1.807) is 36.4 Å². The van der Waals surface area contributed by atoms with Gasteiger partial charge in [-0.15, -0.1) is 12.6 Å². The second-order valence-electron chi connectivity index (χ2n) is 7.03. The Hall–Kier alpha value is -3.67. The van der Waals surface area contributed by atoms with Crippen LogP contribution in [0.15, 0.2) is 71.6 Å². The molecule has 178 valence electrons. The van der Waals surface area contributed by atoms with Crippen LogP contribution in [-0.4, -0.2) is 37.3 Å². The smallest absolute Gasteiger partial charge is 0.322 e. The van der Waals surface area contributed by atoms with Gasteiger partial charge in [0.2, 0.25) is 0 Å². The largest absolute Gasteiger partial charge is 0.425 e. The maximum atomic E-state index is 12.5. The molecule has 0 spiro atoms. The van der Waals surface area contributed by atoms with Crippen LogP contribution in [-0.2, 0) is 27.1 Å². The van der Waals surface area contributed by atoms with Crippen molar-refractivity contribution in [2.45, 2.75) is 25.2 Å². The van der Waals surface area contributed by atoms with E-state index in [1.165, 1.54) is 25.1 Å². The summed E-state index contributed by atoms with van der Waals surface area (Å²) in [5.41, 5.74) is 3.09. The van der Waals surface area contributed by atoms with Crippen LogP contribution >= 0.6 is 0 Å². The zero-order valence-corrected chi connectivity index (χ0v) is 19.8. The number of ketones is 1. The number of benzene rings is 3. The number of amides is 1. The van der Waals surface area contributed by atoms with E-state index in [2.05, 4.69) is 5.32 Å². The van der Waals surface area contributed by atoms with Crippen LogP contribution in [0.5, 0.6) is 0 Å². The normalized spacial score (nSPS) is 10.6. The molecule has 0 aliphatic heterocycles. The molecule has 9 nitrogen and oxygen atoms in total. The third-order valence-corrected chi connectivity index (χ3v) is 5.64. The SMILES string of the molecule is CCc1ccc(-c2ccc(NC(=O)c3ccc(C(C)=O)cc3)cc2S(=O)(=O)O)cc1.O=S(=O)=O. The van der Waals surface area contributed by atoms with Gasteiger partial charge >= 0.3 is 10.6 Å². The van der Waals surface area contributed by atoms with Crippen LogP contribution in [0.25, 0.3) is 11.1 Å². The molecule has 0 unspecified atom stereocenters. The number of carbonyl (C=O) groups is 2. The number of hydrogen-bond donors (Lipinski definition) is 2. The van der Waals surface area contributed by atoms with E-state index in [0.717, 1.165) is 12.0 Å².